The van der Waals surface area contributed by atoms with E-state index in [1.54, 1.807) is 24.4 Å². The van der Waals surface area contributed by atoms with E-state index in [2.05, 4.69) is 25.0 Å². The Morgan fingerprint density at radius 2 is 1.81 bits per heavy atom. The van der Waals surface area contributed by atoms with E-state index in [0.29, 0.717) is 34.1 Å². The Hall–Kier alpha value is -3.64. The number of hydrogen-bond donors (Lipinski definition) is 0. The van der Waals surface area contributed by atoms with E-state index in [-0.39, 0.29) is 17.6 Å². The molecule has 37 heavy (non-hydrogen) atoms. The number of rotatable bonds is 8. The first-order chi connectivity index (χ1) is 17.7. The SMILES string of the molecule is CCOc1cc(C)c(-c2nc3ccccc3c(=O)n2N=Cc2ccc(OC(C)C)c(Cl)c2)cc1C(C)C. The van der Waals surface area contributed by atoms with Gasteiger partial charge in [0.05, 0.1) is 34.9 Å². The molecule has 192 valence electrons. The molecule has 3 aromatic carbocycles. The molecular formula is C30H32ClN3O3. The van der Waals surface area contributed by atoms with Gasteiger partial charge in [0, 0.05) is 5.56 Å². The number of benzene rings is 3. The van der Waals surface area contributed by atoms with Crippen LogP contribution >= 0.6 is 11.6 Å². The van der Waals surface area contributed by atoms with Gasteiger partial charge >= 0.3 is 0 Å². The summed E-state index contributed by atoms with van der Waals surface area (Å²) in [5, 5.41) is 5.57. The van der Waals surface area contributed by atoms with Gasteiger partial charge in [-0.3, -0.25) is 4.79 Å². The van der Waals surface area contributed by atoms with E-state index < -0.39 is 0 Å². The molecule has 7 heteroatoms. The molecule has 0 N–H and O–H groups in total. The molecule has 0 bridgehead atoms. The van der Waals surface area contributed by atoms with Gasteiger partial charge in [-0.2, -0.15) is 9.78 Å². The van der Waals surface area contributed by atoms with Crippen LogP contribution in [0.15, 0.2) is 64.5 Å². The highest BCUT2D eigenvalue weighted by Crippen LogP contribution is 2.34. The molecule has 4 rings (SSSR count). The van der Waals surface area contributed by atoms with Crippen molar-refractivity contribution in [1.82, 2.24) is 9.66 Å². The highest BCUT2D eigenvalue weighted by atomic mass is 35.5. The molecule has 0 saturated heterocycles. The van der Waals surface area contributed by atoms with Crippen LogP contribution in [0.1, 0.15) is 57.2 Å². The summed E-state index contributed by atoms with van der Waals surface area (Å²) in [6.07, 6.45) is 1.62. The Morgan fingerprint density at radius 1 is 1.05 bits per heavy atom. The maximum Gasteiger partial charge on any atom is 0.282 e. The molecule has 0 unspecified atom stereocenters. The second-order valence-corrected chi connectivity index (χ2v) is 9.87. The second-order valence-electron chi connectivity index (χ2n) is 9.46. The fourth-order valence-electron chi connectivity index (χ4n) is 4.15. The van der Waals surface area contributed by atoms with Gasteiger partial charge in [0.25, 0.3) is 5.56 Å². The largest absolute Gasteiger partial charge is 0.494 e. The van der Waals surface area contributed by atoms with E-state index in [4.69, 9.17) is 26.1 Å². The maximum absolute atomic E-state index is 13.6. The number of hydrogen-bond acceptors (Lipinski definition) is 5. The molecule has 0 saturated carbocycles. The molecular weight excluding hydrogens is 486 g/mol. The quantitative estimate of drug-likeness (QED) is 0.231. The first kappa shape index (κ1) is 26.4. The van der Waals surface area contributed by atoms with Gasteiger partial charge in [-0.05, 0) is 92.8 Å². The van der Waals surface area contributed by atoms with Gasteiger partial charge in [0.2, 0.25) is 0 Å². The van der Waals surface area contributed by atoms with Crippen LogP contribution < -0.4 is 15.0 Å². The predicted molar refractivity (Wildman–Crippen MR) is 152 cm³/mol. The summed E-state index contributed by atoms with van der Waals surface area (Å²) in [6, 6.07) is 16.8. The number of ether oxygens (including phenoxy) is 2. The smallest absolute Gasteiger partial charge is 0.282 e. The molecule has 6 nitrogen and oxygen atoms in total. The molecule has 4 aromatic rings. The zero-order valence-corrected chi connectivity index (χ0v) is 22.8. The molecule has 0 aliphatic heterocycles. The van der Waals surface area contributed by atoms with Gasteiger partial charge in [0.1, 0.15) is 11.5 Å². The van der Waals surface area contributed by atoms with Crippen LogP contribution in [-0.4, -0.2) is 28.6 Å². The summed E-state index contributed by atoms with van der Waals surface area (Å²) in [5.41, 5.74) is 3.92. The number of nitrogens with zero attached hydrogens (tertiary/aromatic N) is 3. The normalized spacial score (nSPS) is 11.7. The minimum absolute atomic E-state index is 0.00918. The fraction of sp³-hybridized carbons (Fsp3) is 0.300. The highest BCUT2D eigenvalue weighted by molar-refractivity contribution is 6.32. The number of aryl methyl sites for hydroxylation is 1. The number of aromatic nitrogens is 2. The Balaban J connectivity index is 1.90. The third kappa shape index (κ3) is 5.70. The van der Waals surface area contributed by atoms with Crippen molar-refractivity contribution in [1.29, 1.82) is 0 Å². The van der Waals surface area contributed by atoms with Gasteiger partial charge in [-0.15, -0.1) is 0 Å². The molecule has 0 radical (unpaired) electrons. The Bertz CT molecular complexity index is 1520. The van der Waals surface area contributed by atoms with Crippen LogP contribution in [0.3, 0.4) is 0 Å². The van der Waals surface area contributed by atoms with Crippen molar-refractivity contribution in [3.8, 4) is 22.9 Å². The third-order valence-electron chi connectivity index (χ3n) is 5.91. The minimum atomic E-state index is -0.248. The summed E-state index contributed by atoms with van der Waals surface area (Å²) in [6.45, 7) is 12.7. The van der Waals surface area contributed by atoms with E-state index in [1.807, 2.05) is 58.0 Å². The Labute approximate surface area is 222 Å². The van der Waals surface area contributed by atoms with Gasteiger partial charge in [-0.25, -0.2) is 4.98 Å². The highest BCUT2D eigenvalue weighted by Gasteiger charge is 2.18. The summed E-state index contributed by atoms with van der Waals surface area (Å²) >= 11 is 6.42. The summed E-state index contributed by atoms with van der Waals surface area (Å²) in [4.78, 5) is 18.5. The van der Waals surface area contributed by atoms with Gasteiger partial charge in [0.15, 0.2) is 5.82 Å². The topological polar surface area (TPSA) is 65.7 Å². The molecule has 0 aliphatic rings. The van der Waals surface area contributed by atoms with Crippen LogP contribution in [0.2, 0.25) is 5.02 Å². The monoisotopic (exact) mass is 517 g/mol. The van der Waals surface area contributed by atoms with Crippen molar-refractivity contribution in [2.75, 3.05) is 6.61 Å². The first-order valence-electron chi connectivity index (χ1n) is 12.5. The first-order valence-corrected chi connectivity index (χ1v) is 12.9. The van der Waals surface area contributed by atoms with Crippen molar-refractivity contribution in [2.24, 2.45) is 5.10 Å². The van der Waals surface area contributed by atoms with Crippen LogP contribution in [0, 0.1) is 6.92 Å². The Kier molecular flexibility index (Phi) is 7.98. The average Bonchev–Trinajstić information content (AvgIpc) is 2.85. The zero-order chi connectivity index (χ0) is 26.7. The van der Waals surface area contributed by atoms with Crippen LogP contribution in [-0.2, 0) is 0 Å². The van der Waals surface area contributed by atoms with E-state index in [0.717, 1.165) is 28.0 Å². The van der Waals surface area contributed by atoms with E-state index in [9.17, 15) is 4.79 Å². The maximum atomic E-state index is 13.6. The fourth-order valence-corrected chi connectivity index (χ4v) is 4.38. The van der Waals surface area contributed by atoms with Crippen molar-refractivity contribution < 1.29 is 9.47 Å². The molecule has 0 aliphatic carbocycles. The predicted octanol–water partition coefficient (Wildman–Crippen LogP) is 7.22. The second kappa shape index (κ2) is 11.2. The molecule has 0 fully saturated rings. The van der Waals surface area contributed by atoms with Crippen LogP contribution in [0.4, 0.5) is 0 Å². The van der Waals surface area contributed by atoms with Crippen molar-refractivity contribution in [2.45, 2.75) is 53.6 Å². The van der Waals surface area contributed by atoms with E-state index >= 15 is 0 Å². The molecule has 0 atom stereocenters. The molecule has 1 heterocycles. The van der Waals surface area contributed by atoms with Gasteiger partial charge < -0.3 is 9.47 Å². The molecule has 0 amide bonds. The number of fused-ring (bicyclic) bond motifs is 1. The molecule has 0 spiro atoms. The lowest BCUT2D eigenvalue weighted by Gasteiger charge is -2.18. The standard InChI is InChI=1S/C30H32ClN3O3/c1-7-36-28-14-20(6)24(16-23(28)18(2)3)29-33-26-11-9-8-10-22(26)30(35)34(29)32-17-21-12-13-27(25(31)15-21)37-19(4)5/h8-19H,7H2,1-6H3. The van der Waals surface area contributed by atoms with Gasteiger partial charge in [-0.1, -0.05) is 37.6 Å². The van der Waals surface area contributed by atoms with Crippen molar-refractivity contribution in [3.63, 3.8) is 0 Å². The minimum Gasteiger partial charge on any atom is -0.494 e. The van der Waals surface area contributed by atoms with Crippen molar-refractivity contribution in [3.05, 3.63) is 86.7 Å². The lowest BCUT2D eigenvalue weighted by molar-refractivity contribution is 0.242. The summed E-state index contributed by atoms with van der Waals surface area (Å²) < 4.78 is 13.0. The van der Waals surface area contributed by atoms with Crippen molar-refractivity contribution >= 4 is 28.7 Å². The zero-order valence-electron chi connectivity index (χ0n) is 22.1. The molecule has 1 aromatic heterocycles. The number of halogens is 1. The Morgan fingerprint density at radius 3 is 2.49 bits per heavy atom. The lowest BCUT2D eigenvalue weighted by Crippen LogP contribution is -2.21. The lowest BCUT2D eigenvalue weighted by atomic mass is 9.96. The number of para-hydroxylation sites is 1. The van der Waals surface area contributed by atoms with Crippen LogP contribution in [0.5, 0.6) is 11.5 Å². The van der Waals surface area contributed by atoms with Crippen LogP contribution in [0.25, 0.3) is 22.3 Å². The average molecular weight is 518 g/mol. The summed E-state index contributed by atoms with van der Waals surface area (Å²) in [7, 11) is 0. The summed E-state index contributed by atoms with van der Waals surface area (Å²) in [5.74, 6) is 2.13. The van der Waals surface area contributed by atoms with E-state index in [1.165, 1.54) is 4.68 Å². The third-order valence-corrected chi connectivity index (χ3v) is 6.21.